The van der Waals surface area contributed by atoms with Crippen molar-refractivity contribution >= 4 is 66.1 Å². The molecule has 0 unspecified atom stereocenters. The van der Waals surface area contributed by atoms with Gasteiger partial charge in [-0.1, -0.05) is 39.4 Å². The molecule has 2 aromatic carbocycles. The Balaban J connectivity index is 1.77. The first-order valence-corrected chi connectivity index (χ1v) is 11.0. The molecule has 4 nitrogen and oxygen atoms in total. The molecular weight excluding hydrogens is 499 g/mol. The highest BCUT2D eigenvalue weighted by atomic mass is 79.9. The van der Waals surface area contributed by atoms with Crippen LogP contribution in [0.1, 0.15) is 20.8 Å². The lowest BCUT2D eigenvalue weighted by molar-refractivity contribution is -0.137. The maximum Gasteiger partial charge on any atom is 0.416 e. The number of hydrogen-bond acceptors (Lipinski definition) is 5. The predicted molar refractivity (Wildman–Crippen MR) is 117 cm³/mol. The maximum atomic E-state index is 13.1. The van der Waals surface area contributed by atoms with Crippen LogP contribution >= 0.6 is 38.6 Å². The zero-order chi connectivity index (χ0) is 21.3. The Morgan fingerprint density at radius 3 is 2.70 bits per heavy atom. The van der Waals surface area contributed by atoms with Gasteiger partial charge in [0.25, 0.3) is 5.91 Å². The molecule has 30 heavy (non-hydrogen) atoms. The largest absolute Gasteiger partial charge is 0.416 e. The van der Waals surface area contributed by atoms with E-state index in [1.807, 2.05) is 29.6 Å². The smallest absolute Gasteiger partial charge is 0.267 e. The fraction of sp³-hybridized carbons (Fsp3) is 0.0500. The van der Waals surface area contributed by atoms with Crippen molar-refractivity contribution in [2.45, 2.75) is 6.18 Å². The minimum atomic E-state index is -4.55. The zero-order valence-electron chi connectivity index (χ0n) is 14.9. The van der Waals surface area contributed by atoms with E-state index in [1.165, 1.54) is 41.0 Å². The van der Waals surface area contributed by atoms with Gasteiger partial charge in [-0.2, -0.15) is 23.3 Å². The number of thiophene rings is 1. The van der Waals surface area contributed by atoms with Crippen molar-refractivity contribution in [1.29, 1.82) is 0 Å². The van der Waals surface area contributed by atoms with E-state index in [0.717, 1.165) is 31.2 Å². The van der Waals surface area contributed by atoms with Crippen molar-refractivity contribution in [3.8, 4) is 0 Å². The summed E-state index contributed by atoms with van der Waals surface area (Å²) in [6.07, 6.45) is -3.07. The number of hydrazone groups is 1. The molecule has 0 aliphatic heterocycles. The molecular formula is C20H11BrF3N3OS2. The molecule has 0 saturated carbocycles. The third-order valence-electron chi connectivity index (χ3n) is 3.99. The molecule has 10 heteroatoms. The Bertz CT molecular complexity index is 1240. The lowest BCUT2D eigenvalue weighted by Crippen LogP contribution is -2.26. The molecule has 152 valence electrons. The Morgan fingerprint density at radius 1 is 1.13 bits per heavy atom. The van der Waals surface area contributed by atoms with Crippen LogP contribution in [0.15, 0.2) is 69.6 Å². The first-order valence-electron chi connectivity index (χ1n) is 8.46. The molecule has 0 atom stereocenters. The third kappa shape index (κ3) is 4.45. The van der Waals surface area contributed by atoms with Crippen molar-refractivity contribution in [3.63, 3.8) is 0 Å². The Morgan fingerprint density at radius 2 is 1.97 bits per heavy atom. The highest BCUT2D eigenvalue weighted by Crippen LogP contribution is 2.33. The first-order chi connectivity index (χ1) is 14.3. The number of anilines is 1. The van der Waals surface area contributed by atoms with Crippen molar-refractivity contribution in [2.24, 2.45) is 5.10 Å². The summed E-state index contributed by atoms with van der Waals surface area (Å²) in [5.74, 6) is -0.702. The molecule has 1 amide bonds. The molecule has 0 N–H and O–H groups in total. The number of hydrogen-bond donors (Lipinski definition) is 0. The van der Waals surface area contributed by atoms with Gasteiger partial charge in [0.1, 0.15) is 0 Å². The quantitative estimate of drug-likeness (QED) is 0.224. The zero-order valence-corrected chi connectivity index (χ0v) is 18.1. The number of aromatic nitrogens is 1. The topological polar surface area (TPSA) is 45.6 Å². The van der Waals surface area contributed by atoms with E-state index in [-0.39, 0.29) is 10.7 Å². The number of benzene rings is 2. The Labute approximate surface area is 185 Å². The molecule has 4 rings (SSSR count). The molecule has 0 bridgehead atoms. The van der Waals surface area contributed by atoms with Crippen LogP contribution in [0.3, 0.4) is 0 Å². The molecule has 0 fully saturated rings. The van der Waals surface area contributed by atoms with Gasteiger partial charge in [0.2, 0.25) is 5.13 Å². The van der Waals surface area contributed by atoms with Crippen LogP contribution in [0.4, 0.5) is 18.3 Å². The lowest BCUT2D eigenvalue weighted by Gasteiger charge is -2.15. The monoisotopic (exact) mass is 509 g/mol. The summed E-state index contributed by atoms with van der Waals surface area (Å²) >= 11 is 6.03. The van der Waals surface area contributed by atoms with Gasteiger partial charge in [0.05, 0.1) is 22.0 Å². The van der Waals surface area contributed by atoms with Gasteiger partial charge in [-0.15, -0.1) is 11.3 Å². The van der Waals surface area contributed by atoms with Crippen LogP contribution < -0.4 is 5.01 Å². The maximum absolute atomic E-state index is 13.1. The second kappa shape index (κ2) is 8.29. The highest BCUT2D eigenvalue weighted by molar-refractivity contribution is 9.10. The van der Waals surface area contributed by atoms with E-state index >= 15 is 0 Å². The average molecular weight is 510 g/mol. The molecule has 0 aliphatic rings. The van der Waals surface area contributed by atoms with Crippen LogP contribution in [-0.2, 0) is 6.18 Å². The summed E-state index contributed by atoms with van der Waals surface area (Å²) in [6.45, 7) is 0. The van der Waals surface area contributed by atoms with Gasteiger partial charge in [-0.05, 0) is 47.8 Å². The number of fused-ring (bicyclic) bond motifs is 1. The number of rotatable bonds is 4. The second-order valence-corrected chi connectivity index (χ2v) is 8.97. The van der Waals surface area contributed by atoms with E-state index in [0.29, 0.717) is 5.52 Å². The molecule has 4 aromatic rings. The van der Waals surface area contributed by atoms with Crippen LogP contribution in [0, 0.1) is 0 Å². The molecule has 2 heterocycles. The number of carbonyl (C=O) groups excluding carboxylic acids is 1. The molecule has 0 radical (unpaired) electrons. The van der Waals surface area contributed by atoms with E-state index in [4.69, 9.17) is 0 Å². The van der Waals surface area contributed by atoms with Crippen LogP contribution in [0.25, 0.3) is 10.2 Å². The van der Waals surface area contributed by atoms with E-state index in [9.17, 15) is 18.0 Å². The summed E-state index contributed by atoms with van der Waals surface area (Å²) in [5, 5.41) is 7.40. The third-order valence-corrected chi connectivity index (χ3v) is 6.29. The average Bonchev–Trinajstić information content (AvgIpc) is 3.37. The van der Waals surface area contributed by atoms with Crippen molar-refractivity contribution in [1.82, 2.24) is 4.98 Å². The SMILES string of the molecule is O=C(c1cccc(C(F)(F)F)c1)N(/N=C/c1cccs1)c1nc2ccc(Br)cc2s1. The van der Waals surface area contributed by atoms with Crippen molar-refractivity contribution in [2.75, 3.05) is 5.01 Å². The standard InChI is InChI=1S/C20H11BrF3N3OS2/c21-14-6-7-16-17(10-14)30-19(26-16)27(25-11-15-5-2-8-29-15)18(28)12-3-1-4-13(9-12)20(22,23)24/h1-11H/b25-11+. The molecule has 0 spiro atoms. The normalized spacial score (nSPS) is 12.0. The number of carbonyl (C=O) groups is 1. The van der Waals surface area contributed by atoms with Crippen LogP contribution in [0.5, 0.6) is 0 Å². The molecule has 2 aromatic heterocycles. The highest BCUT2D eigenvalue weighted by Gasteiger charge is 2.32. The molecule has 0 saturated heterocycles. The lowest BCUT2D eigenvalue weighted by atomic mass is 10.1. The number of thiazole rings is 1. The summed E-state index contributed by atoms with van der Waals surface area (Å²) in [7, 11) is 0. The van der Waals surface area contributed by atoms with Gasteiger partial charge in [0.15, 0.2) is 0 Å². The first kappa shape index (κ1) is 20.7. The second-order valence-electron chi connectivity index (χ2n) is 6.06. The summed E-state index contributed by atoms with van der Waals surface area (Å²) < 4.78 is 41.0. The summed E-state index contributed by atoms with van der Waals surface area (Å²) in [5.41, 5.74) is -0.372. The summed E-state index contributed by atoms with van der Waals surface area (Å²) in [4.78, 5) is 18.4. The van der Waals surface area contributed by atoms with Gasteiger partial charge < -0.3 is 0 Å². The Kier molecular flexibility index (Phi) is 5.72. The number of nitrogens with zero attached hydrogens (tertiary/aromatic N) is 3. The minimum Gasteiger partial charge on any atom is -0.267 e. The Hall–Kier alpha value is -2.56. The van der Waals surface area contributed by atoms with E-state index < -0.39 is 17.6 Å². The van der Waals surface area contributed by atoms with Crippen molar-refractivity contribution < 1.29 is 18.0 Å². The fourth-order valence-corrected chi connectivity index (χ4v) is 4.65. The van der Waals surface area contributed by atoms with E-state index in [1.54, 1.807) is 6.07 Å². The predicted octanol–water partition coefficient (Wildman–Crippen LogP) is 6.82. The number of alkyl halides is 3. The van der Waals surface area contributed by atoms with Gasteiger partial charge in [0, 0.05) is 14.9 Å². The summed E-state index contributed by atoms with van der Waals surface area (Å²) in [6, 6.07) is 13.4. The minimum absolute atomic E-state index is 0.131. The van der Waals surface area contributed by atoms with Crippen LogP contribution in [-0.4, -0.2) is 17.1 Å². The van der Waals surface area contributed by atoms with Gasteiger partial charge in [-0.3, -0.25) is 4.79 Å². The van der Waals surface area contributed by atoms with Gasteiger partial charge in [-0.25, -0.2) is 4.98 Å². The van der Waals surface area contributed by atoms with Gasteiger partial charge >= 0.3 is 6.18 Å². The molecule has 0 aliphatic carbocycles. The fourth-order valence-electron chi connectivity index (χ4n) is 2.60. The number of amides is 1. The number of halogens is 4. The van der Waals surface area contributed by atoms with Crippen molar-refractivity contribution in [3.05, 3.63) is 80.5 Å². The van der Waals surface area contributed by atoms with Crippen LogP contribution in [0.2, 0.25) is 0 Å². The van der Waals surface area contributed by atoms with E-state index in [2.05, 4.69) is 26.0 Å².